The molecule has 0 bridgehead atoms. The van der Waals surface area contributed by atoms with Gasteiger partial charge in [-0.1, -0.05) is 44.2 Å². The molecule has 3 heteroatoms. The van der Waals surface area contributed by atoms with Gasteiger partial charge < -0.3 is 14.3 Å². The number of rotatable bonds is 7. The average molecular weight is 304 g/mol. The Hall–Kier alpha value is -1.19. The molecule has 0 N–H and O–H groups in total. The van der Waals surface area contributed by atoms with Gasteiger partial charge in [0.25, 0.3) is 0 Å². The maximum absolute atomic E-state index is 11.0. The van der Waals surface area contributed by atoms with Gasteiger partial charge >= 0.3 is 0 Å². The Bertz CT molecular complexity index is 455. The van der Waals surface area contributed by atoms with Crippen LogP contribution in [0.1, 0.15) is 38.7 Å². The highest BCUT2D eigenvalue weighted by atomic mass is 16.5. The van der Waals surface area contributed by atoms with Crippen molar-refractivity contribution in [3.8, 4) is 0 Å². The van der Waals surface area contributed by atoms with Crippen LogP contribution in [-0.4, -0.2) is 26.1 Å². The molecule has 0 heterocycles. The summed E-state index contributed by atoms with van der Waals surface area (Å²) in [6.07, 6.45) is 3.96. The minimum Gasteiger partial charge on any atom is -0.381 e. The summed E-state index contributed by atoms with van der Waals surface area (Å²) in [7, 11) is 1.78. The van der Waals surface area contributed by atoms with Gasteiger partial charge in [0.15, 0.2) is 0 Å². The normalized spacial score (nSPS) is 27.5. The fourth-order valence-electron chi connectivity index (χ4n) is 3.76. The van der Waals surface area contributed by atoms with Crippen LogP contribution < -0.4 is 0 Å². The summed E-state index contributed by atoms with van der Waals surface area (Å²) in [5.74, 6) is 0.647. The number of hydrogen-bond acceptors (Lipinski definition) is 3. The smallest absolute Gasteiger partial charge is 0.120 e. The van der Waals surface area contributed by atoms with E-state index in [0.717, 1.165) is 19.1 Å². The number of carbonyl (C=O) groups is 1. The van der Waals surface area contributed by atoms with Gasteiger partial charge in [0.2, 0.25) is 0 Å². The highest BCUT2D eigenvalue weighted by molar-refractivity contribution is 5.49. The lowest BCUT2D eigenvalue weighted by Gasteiger charge is -2.46. The minimum absolute atomic E-state index is 0.134. The van der Waals surface area contributed by atoms with Crippen LogP contribution in [0.15, 0.2) is 30.3 Å². The molecule has 1 aromatic rings. The van der Waals surface area contributed by atoms with E-state index < -0.39 is 0 Å². The summed E-state index contributed by atoms with van der Waals surface area (Å²) in [4.78, 5) is 11.0. The molecule has 0 amide bonds. The van der Waals surface area contributed by atoms with Gasteiger partial charge in [0.1, 0.15) is 6.29 Å². The third kappa shape index (κ3) is 4.17. The Morgan fingerprint density at radius 1 is 1.27 bits per heavy atom. The van der Waals surface area contributed by atoms with Crippen LogP contribution >= 0.6 is 0 Å². The largest absolute Gasteiger partial charge is 0.381 e. The second kappa shape index (κ2) is 7.89. The first-order valence-electron chi connectivity index (χ1n) is 8.16. The van der Waals surface area contributed by atoms with E-state index in [4.69, 9.17) is 9.47 Å². The molecule has 0 saturated heterocycles. The van der Waals surface area contributed by atoms with Crippen molar-refractivity contribution in [2.24, 2.45) is 17.3 Å². The van der Waals surface area contributed by atoms with Crippen molar-refractivity contribution in [1.82, 2.24) is 0 Å². The van der Waals surface area contributed by atoms with Crippen molar-refractivity contribution in [2.45, 2.75) is 45.8 Å². The maximum atomic E-state index is 11.0. The molecular formula is C19H28O3. The van der Waals surface area contributed by atoms with Crippen molar-refractivity contribution >= 4 is 6.29 Å². The second-order valence-corrected chi connectivity index (χ2v) is 7.01. The van der Waals surface area contributed by atoms with Crippen molar-refractivity contribution in [3.63, 3.8) is 0 Å². The molecule has 2 rings (SSSR count). The van der Waals surface area contributed by atoms with Gasteiger partial charge in [0, 0.05) is 19.4 Å². The molecule has 1 aromatic carbocycles. The average Bonchev–Trinajstić information content (AvgIpc) is 2.51. The maximum Gasteiger partial charge on any atom is 0.120 e. The first-order chi connectivity index (χ1) is 10.6. The van der Waals surface area contributed by atoms with Crippen LogP contribution in [0.25, 0.3) is 0 Å². The van der Waals surface area contributed by atoms with Gasteiger partial charge in [0.05, 0.1) is 19.3 Å². The minimum atomic E-state index is 0.134. The van der Waals surface area contributed by atoms with E-state index in [9.17, 15) is 4.79 Å². The van der Waals surface area contributed by atoms with Crippen molar-refractivity contribution < 1.29 is 14.3 Å². The van der Waals surface area contributed by atoms with Crippen molar-refractivity contribution in [2.75, 3.05) is 13.7 Å². The molecule has 3 nitrogen and oxygen atoms in total. The third-order valence-corrected chi connectivity index (χ3v) is 5.00. The quantitative estimate of drug-likeness (QED) is 0.718. The zero-order chi connectivity index (χ0) is 16.0. The molecule has 1 aliphatic rings. The number of hydrogen-bond donors (Lipinski definition) is 0. The van der Waals surface area contributed by atoms with Crippen LogP contribution in [0.5, 0.6) is 0 Å². The highest BCUT2D eigenvalue weighted by Crippen LogP contribution is 2.44. The lowest BCUT2D eigenvalue weighted by atomic mass is 9.64. The van der Waals surface area contributed by atoms with E-state index in [1.807, 2.05) is 18.2 Å². The lowest BCUT2D eigenvalue weighted by Crippen LogP contribution is -2.47. The number of carbonyl (C=O) groups excluding carboxylic acids is 1. The molecule has 1 fully saturated rings. The van der Waals surface area contributed by atoms with E-state index in [-0.39, 0.29) is 17.4 Å². The number of benzene rings is 1. The van der Waals surface area contributed by atoms with E-state index in [0.29, 0.717) is 25.6 Å². The van der Waals surface area contributed by atoms with Gasteiger partial charge in [-0.3, -0.25) is 0 Å². The molecule has 1 aliphatic carbocycles. The molecule has 0 radical (unpaired) electrons. The van der Waals surface area contributed by atoms with E-state index in [2.05, 4.69) is 26.0 Å². The molecule has 122 valence electrons. The predicted octanol–water partition coefficient (Wildman–Crippen LogP) is 3.86. The molecule has 0 aliphatic heterocycles. The van der Waals surface area contributed by atoms with Gasteiger partial charge in [-0.15, -0.1) is 0 Å². The Morgan fingerprint density at radius 3 is 2.64 bits per heavy atom. The molecule has 0 spiro atoms. The van der Waals surface area contributed by atoms with Crippen LogP contribution in [0.4, 0.5) is 0 Å². The molecule has 22 heavy (non-hydrogen) atoms. The zero-order valence-electron chi connectivity index (χ0n) is 14.0. The van der Waals surface area contributed by atoms with Crippen molar-refractivity contribution in [1.29, 1.82) is 0 Å². The molecule has 0 aromatic heterocycles. The molecular weight excluding hydrogens is 276 g/mol. The lowest BCUT2D eigenvalue weighted by molar-refractivity contribution is -0.122. The number of methoxy groups -OCH3 is 1. The highest BCUT2D eigenvalue weighted by Gasteiger charge is 2.44. The fraction of sp³-hybridized carbons (Fsp3) is 0.632. The van der Waals surface area contributed by atoms with Crippen LogP contribution in [0.2, 0.25) is 0 Å². The van der Waals surface area contributed by atoms with Crippen LogP contribution in [0.3, 0.4) is 0 Å². The fourth-order valence-corrected chi connectivity index (χ4v) is 3.76. The summed E-state index contributed by atoms with van der Waals surface area (Å²) < 4.78 is 11.8. The summed E-state index contributed by atoms with van der Waals surface area (Å²) in [5.41, 5.74) is 1.31. The zero-order valence-corrected chi connectivity index (χ0v) is 14.0. The van der Waals surface area contributed by atoms with E-state index in [1.165, 1.54) is 5.56 Å². The summed E-state index contributed by atoms with van der Waals surface area (Å²) in [6, 6.07) is 10.2. The van der Waals surface area contributed by atoms with Gasteiger partial charge in [-0.05, 0) is 29.7 Å². The number of aldehydes is 1. The third-order valence-electron chi connectivity index (χ3n) is 5.00. The first-order valence-corrected chi connectivity index (χ1v) is 8.16. The molecule has 3 atom stereocenters. The van der Waals surface area contributed by atoms with Crippen molar-refractivity contribution in [3.05, 3.63) is 35.9 Å². The van der Waals surface area contributed by atoms with E-state index >= 15 is 0 Å². The second-order valence-electron chi connectivity index (χ2n) is 7.01. The molecule has 0 unspecified atom stereocenters. The summed E-state index contributed by atoms with van der Waals surface area (Å²) >= 11 is 0. The standard InChI is InChI=1S/C19H28O3/c1-19(2)11-9-16(10-12-20)17(18(19)21-3)14-22-13-15-7-5-4-6-8-15/h4-8,12,16-18H,9-11,13-14H2,1-3H3/t16-,17+,18-/m1/s1. The summed E-state index contributed by atoms with van der Waals surface area (Å²) in [6.45, 7) is 5.77. The number of ether oxygens (including phenoxy) is 2. The van der Waals surface area contributed by atoms with E-state index in [1.54, 1.807) is 7.11 Å². The predicted molar refractivity (Wildman–Crippen MR) is 87.6 cm³/mol. The van der Waals surface area contributed by atoms with Crippen LogP contribution in [0, 0.1) is 17.3 Å². The monoisotopic (exact) mass is 304 g/mol. The van der Waals surface area contributed by atoms with Gasteiger partial charge in [-0.25, -0.2) is 0 Å². The Morgan fingerprint density at radius 2 is 2.00 bits per heavy atom. The molecule has 1 saturated carbocycles. The SMILES string of the molecule is CO[C@@H]1[C@@H](COCc2ccccc2)[C@@H](CC=O)CCC1(C)C. The Kier molecular flexibility index (Phi) is 6.16. The Labute approximate surface area is 134 Å². The first kappa shape index (κ1) is 17.2. The van der Waals surface area contributed by atoms with Crippen LogP contribution in [-0.2, 0) is 20.9 Å². The topological polar surface area (TPSA) is 35.5 Å². The Balaban J connectivity index is 2.00. The van der Waals surface area contributed by atoms with Gasteiger partial charge in [-0.2, -0.15) is 0 Å². The summed E-state index contributed by atoms with van der Waals surface area (Å²) in [5, 5.41) is 0.